The van der Waals surface area contributed by atoms with Crippen LogP contribution in [0.2, 0.25) is 10.0 Å². The van der Waals surface area contributed by atoms with Gasteiger partial charge in [-0.15, -0.1) is 0 Å². The Kier molecular flexibility index (Phi) is 14.8. The van der Waals surface area contributed by atoms with Crippen molar-refractivity contribution in [2.75, 3.05) is 14.2 Å². The second kappa shape index (κ2) is 18.5. The maximum Gasteiger partial charge on any atom is 0.332 e. The number of carbonyl (C=O) groups is 4. The Bertz CT molecular complexity index is 1790. The molecule has 0 bridgehead atoms. The molecule has 2 aromatic carbocycles. The molecule has 2 heterocycles. The summed E-state index contributed by atoms with van der Waals surface area (Å²) >= 11 is 12.5. The summed E-state index contributed by atoms with van der Waals surface area (Å²) in [5.74, 6) is -3.89. The van der Waals surface area contributed by atoms with Gasteiger partial charge in [-0.05, 0) is 62.4 Å². The fourth-order valence-corrected chi connectivity index (χ4v) is 7.54. The summed E-state index contributed by atoms with van der Waals surface area (Å²) in [6.07, 6.45) is 4.60. The molecule has 4 rings (SSSR count). The van der Waals surface area contributed by atoms with Gasteiger partial charge in [-0.25, -0.2) is 4.79 Å². The number of cyclic esters (lactones) is 1. The molecule has 0 spiro atoms. The Morgan fingerprint density at radius 1 is 1.07 bits per heavy atom. The molecular formula is C42H55Cl2N3O9. The third-order valence-corrected chi connectivity index (χ3v) is 11.4. The Hall–Kier alpha value is -3.94. The van der Waals surface area contributed by atoms with Crippen LogP contribution >= 0.6 is 23.2 Å². The van der Waals surface area contributed by atoms with E-state index in [9.17, 15) is 29.4 Å². The van der Waals surface area contributed by atoms with E-state index in [2.05, 4.69) is 10.6 Å². The van der Waals surface area contributed by atoms with Crippen LogP contribution < -0.4 is 10.6 Å². The topological polar surface area (TPSA) is 167 Å². The molecule has 9 atom stereocenters. The molecule has 2 aliphatic heterocycles. The number of methoxy groups -OCH3 is 1. The van der Waals surface area contributed by atoms with Gasteiger partial charge in [0, 0.05) is 32.9 Å². The third kappa shape index (κ3) is 10.5. The highest BCUT2D eigenvalue weighted by molar-refractivity contribution is 6.37. The Morgan fingerprint density at radius 2 is 1.70 bits per heavy atom. The molecule has 2 aliphatic rings. The van der Waals surface area contributed by atoms with E-state index in [1.165, 1.54) is 37.9 Å². The lowest BCUT2D eigenvalue weighted by atomic mass is 9.93. The van der Waals surface area contributed by atoms with Crippen LogP contribution in [-0.4, -0.2) is 94.5 Å². The summed E-state index contributed by atoms with van der Waals surface area (Å²) in [4.78, 5) is 58.3. The molecule has 0 radical (unpaired) electrons. The second-order valence-electron chi connectivity index (χ2n) is 15.6. The predicted octanol–water partition coefficient (Wildman–Crippen LogP) is 5.85. The molecule has 12 nitrogen and oxygen atoms in total. The molecule has 1 saturated heterocycles. The Morgan fingerprint density at radius 3 is 2.27 bits per heavy atom. The molecule has 0 aromatic heterocycles. The van der Waals surface area contributed by atoms with Crippen molar-refractivity contribution in [1.29, 1.82) is 0 Å². The van der Waals surface area contributed by atoms with Crippen molar-refractivity contribution < 1.29 is 43.6 Å². The monoisotopic (exact) mass is 815 g/mol. The zero-order valence-electron chi connectivity index (χ0n) is 33.5. The number of phenols is 1. The lowest BCUT2D eigenvalue weighted by Gasteiger charge is -2.35. The molecule has 4 N–H and O–H groups in total. The quantitative estimate of drug-likeness (QED) is 0.198. The number of esters is 1. The van der Waals surface area contributed by atoms with Gasteiger partial charge in [0.1, 0.15) is 18.2 Å². The minimum Gasteiger partial charge on any atom is -0.505 e. The summed E-state index contributed by atoms with van der Waals surface area (Å²) in [7, 11) is 3.11. The highest BCUT2D eigenvalue weighted by atomic mass is 35.5. The molecule has 0 unspecified atom stereocenters. The fourth-order valence-electron chi connectivity index (χ4n) is 7.01. The maximum atomic E-state index is 14.4. The van der Waals surface area contributed by atoms with Crippen LogP contribution in [0, 0.1) is 11.8 Å². The van der Waals surface area contributed by atoms with Gasteiger partial charge < -0.3 is 40.0 Å². The van der Waals surface area contributed by atoms with Crippen LogP contribution in [-0.2, 0) is 39.8 Å². The van der Waals surface area contributed by atoms with Gasteiger partial charge in [-0.1, -0.05) is 99.0 Å². The largest absolute Gasteiger partial charge is 0.505 e. The van der Waals surface area contributed by atoms with Gasteiger partial charge in [-0.3, -0.25) is 14.4 Å². The van der Waals surface area contributed by atoms with E-state index in [1.807, 2.05) is 76.3 Å². The minimum atomic E-state index is -1.83. The van der Waals surface area contributed by atoms with E-state index < -0.39 is 71.3 Å². The van der Waals surface area contributed by atoms with Gasteiger partial charge in [0.25, 0.3) is 5.91 Å². The summed E-state index contributed by atoms with van der Waals surface area (Å²) < 4.78 is 18.0. The van der Waals surface area contributed by atoms with Crippen molar-refractivity contribution in [3.63, 3.8) is 0 Å². The number of likely N-dealkylation sites (N-methyl/N-ethyl adjacent to an activating group) is 1. The van der Waals surface area contributed by atoms with Crippen LogP contribution in [0.15, 0.2) is 66.3 Å². The van der Waals surface area contributed by atoms with E-state index in [0.29, 0.717) is 24.0 Å². The van der Waals surface area contributed by atoms with E-state index in [1.54, 1.807) is 14.0 Å². The third-order valence-electron chi connectivity index (χ3n) is 10.8. The number of amides is 3. The molecule has 0 aliphatic carbocycles. The summed E-state index contributed by atoms with van der Waals surface area (Å²) in [5, 5.41) is 26.8. The number of aromatic hydroxyl groups is 1. The van der Waals surface area contributed by atoms with E-state index in [0.717, 1.165) is 5.57 Å². The molecule has 2 aromatic rings. The van der Waals surface area contributed by atoms with Gasteiger partial charge in [0.05, 0.1) is 27.9 Å². The first-order valence-electron chi connectivity index (χ1n) is 18.8. The first kappa shape index (κ1) is 44.8. The highest BCUT2D eigenvalue weighted by Crippen LogP contribution is 2.42. The van der Waals surface area contributed by atoms with Gasteiger partial charge in [0.15, 0.2) is 17.4 Å². The Balaban J connectivity index is 1.83. The van der Waals surface area contributed by atoms with Crippen LogP contribution in [0.25, 0.3) is 0 Å². The van der Waals surface area contributed by atoms with Crippen LogP contribution in [0.1, 0.15) is 78.5 Å². The molecular weight excluding hydrogens is 761 g/mol. The van der Waals surface area contributed by atoms with Crippen molar-refractivity contribution >= 4 is 46.9 Å². The number of phenolic OH excluding ortho intramolecular Hbond substituents is 1. The number of rotatable bonds is 7. The fraction of sp³-hybridized carbons (Fsp3) is 0.524. The summed E-state index contributed by atoms with van der Waals surface area (Å²) in [6, 6.07) is 7.90. The summed E-state index contributed by atoms with van der Waals surface area (Å²) in [5.41, 5.74) is -1.12. The van der Waals surface area contributed by atoms with Gasteiger partial charge >= 0.3 is 5.97 Å². The second-order valence-corrected chi connectivity index (χ2v) is 16.4. The molecule has 56 heavy (non-hydrogen) atoms. The molecule has 306 valence electrons. The molecule has 14 heteroatoms. The average Bonchev–Trinajstić information content (AvgIpc) is 3.81. The Labute approximate surface area is 339 Å². The zero-order chi connectivity index (χ0) is 41.7. The number of carbonyl (C=O) groups excluding carboxylic acids is 4. The highest BCUT2D eigenvalue weighted by Gasteiger charge is 2.61. The maximum absolute atomic E-state index is 14.4. The lowest BCUT2D eigenvalue weighted by Crippen LogP contribution is -2.61. The van der Waals surface area contributed by atoms with Crippen LogP contribution in [0.4, 0.5) is 0 Å². The number of fused-ring (bicyclic) bond motifs is 1. The van der Waals surface area contributed by atoms with Crippen molar-refractivity contribution in [1.82, 2.24) is 15.5 Å². The number of epoxide rings is 1. The molecule has 0 saturated carbocycles. The van der Waals surface area contributed by atoms with Gasteiger partial charge in [-0.2, -0.15) is 0 Å². The SMILES string of the molecule is CC[C@H](C)[C@H]1C(=O)N[C@H](Cc2cc(Cl)c(O)c(Cl)c2)C(=O)N[C@@H](C(C)(C)O)C(=O)O[C@H](c2ccccc2)[C@H](C)/C=C/C=C(\C)[C@H](OC)C[C@H]2O[C@]2(C)C(=O)N1C. The number of nitrogens with zero attached hydrogens (tertiary/aromatic N) is 1. The van der Waals surface area contributed by atoms with Crippen LogP contribution in [0.3, 0.4) is 0 Å². The molecule has 1 fully saturated rings. The van der Waals surface area contributed by atoms with E-state index in [4.69, 9.17) is 37.4 Å². The first-order chi connectivity index (χ1) is 26.2. The number of hydrogen-bond acceptors (Lipinski definition) is 9. The van der Waals surface area contributed by atoms with Crippen molar-refractivity contribution in [3.8, 4) is 5.75 Å². The predicted molar refractivity (Wildman–Crippen MR) is 214 cm³/mol. The number of benzene rings is 2. The number of allylic oxidation sites excluding steroid dienone is 2. The van der Waals surface area contributed by atoms with E-state index >= 15 is 0 Å². The lowest BCUT2D eigenvalue weighted by molar-refractivity contribution is -0.162. The van der Waals surface area contributed by atoms with Crippen molar-refractivity contribution in [2.45, 2.75) is 115 Å². The zero-order valence-corrected chi connectivity index (χ0v) is 35.0. The van der Waals surface area contributed by atoms with Gasteiger partial charge in [0.2, 0.25) is 11.8 Å². The number of aliphatic hydroxyl groups is 1. The van der Waals surface area contributed by atoms with Crippen molar-refractivity contribution in [2.24, 2.45) is 11.8 Å². The first-order valence-corrected chi connectivity index (χ1v) is 19.6. The number of halogens is 2. The summed E-state index contributed by atoms with van der Waals surface area (Å²) in [6.45, 7) is 11.9. The normalized spacial score (nSPS) is 30.8. The van der Waals surface area contributed by atoms with Crippen LogP contribution in [0.5, 0.6) is 5.75 Å². The number of nitrogens with one attached hydrogen (secondary N) is 2. The van der Waals surface area contributed by atoms with E-state index in [-0.39, 0.29) is 34.1 Å². The van der Waals surface area contributed by atoms with Crippen molar-refractivity contribution in [3.05, 3.63) is 87.4 Å². The number of hydrogen-bond donors (Lipinski definition) is 4. The minimum absolute atomic E-state index is 0.0776. The number of ether oxygens (including phenoxy) is 3. The smallest absolute Gasteiger partial charge is 0.332 e. The standard InChI is InChI=1S/C42H55Cl2N3O9/c1-10-23(2)33-38(50)45-30(21-26-19-28(43)34(48)29(44)20-26)37(49)46-36(41(5,6)53)39(51)55-35(27-17-12-11-13-18-27)25(4)16-14-15-24(3)31(54-9)22-32-42(7,56-32)40(52)47(33)8/h11-20,23,25,30-33,35-36,48,53H,10,21-22H2,1-9H3,(H,45,50)(H,46,49)/b16-14+,24-15+/t23-,25+,30+,31+,32+,33-,35-,36+,42-/m0/s1. The molecule has 3 amide bonds. The average molecular weight is 817 g/mol.